The number of aromatic nitrogens is 2. The van der Waals surface area contributed by atoms with Gasteiger partial charge in [-0.3, -0.25) is 0 Å². The molecule has 106 valence electrons. The summed E-state index contributed by atoms with van der Waals surface area (Å²) in [6.45, 7) is 0. The minimum absolute atomic E-state index is 0.257. The van der Waals surface area contributed by atoms with Crippen molar-refractivity contribution in [3.05, 3.63) is 58.9 Å². The topological polar surface area (TPSA) is 59.2 Å². The van der Waals surface area contributed by atoms with Gasteiger partial charge in [-0.1, -0.05) is 24.3 Å². The molecule has 0 atom stereocenters. The first-order valence-corrected chi connectivity index (χ1v) is 8.00. The van der Waals surface area contributed by atoms with E-state index >= 15 is 0 Å². The molecule has 3 aromatic rings. The molecule has 0 aliphatic rings. The number of hydrogen-bond donors (Lipinski definition) is 1. The molecule has 0 unspecified atom stereocenters. The van der Waals surface area contributed by atoms with Crippen molar-refractivity contribution in [1.29, 1.82) is 0 Å². The molecule has 0 bridgehead atoms. The lowest BCUT2D eigenvalue weighted by Gasteiger charge is -2.01. The van der Waals surface area contributed by atoms with Gasteiger partial charge < -0.3 is 9.52 Å². The fraction of sp³-hybridized carbons (Fsp3) is 0.0667. The zero-order valence-electron chi connectivity index (χ0n) is 10.9. The lowest BCUT2D eigenvalue weighted by Crippen LogP contribution is -1.80. The van der Waals surface area contributed by atoms with Crippen LogP contribution in [0.15, 0.2) is 62.3 Å². The van der Waals surface area contributed by atoms with Crippen LogP contribution in [-0.2, 0) is 5.75 Å². The zero-order valence-corrected chi connectivity index (χ0v) is 13.3. The van der Waals surface area contributed by atoms with Crippen molar-refractivity contribution in [2.75, 3.05) is 0 Å². The first-order chi connectivity index (χ1) is 10.2. The van der Waals surface area contributed by atoms with E-state index < -0.39 is 0 Å². The van der Waals surface area contributed by atoms with Gasteiger partial charge in [0.1, 0.15) is 5.75 Å². The average Bonchev–Trinajstić information content (AvgIpc) is 2.96. The monoisotopic (exact) mass is 362 g/mol. The van der Waals surface area contributed by atoms with E-state index in [0.717, 1.165) is 14.9 Å². The molecule has 3 rings (SSSR count). The highest BCUT2D eigenvalue weighted by Gasteiger charge is 2.12. The van der Waals surface area contributed by atoms with Gasteiger partial charge in [-0.05, 0) is 40.2 Å². The second-order valence-corrected chi connectivity index (χ2v) is 6.11. The third-order valence-electron chi connectivity index (χ3n) is 2.79. The first-order valence-electron chi connectivity index (χ1n) is 6.22. The number of halogens is 1. The van der Waals surface area contributed by atoms with Crippen LogP contribution < -0.4 is 0 Å². The number of hydrogen-bond acceptors (Lipinski definition) is 5. The van der Waals surface area contributed by atoms with Crippen LogP contribution in [0.3, 0.4) is 0 Å². The van der Waals surface area contributed by atoms with E-state index in [0.29, 0.717) is 17.5 Å². The standard InChI is InChI=1S/C15H11BrN2O2S/c16-11-6-2-1-5-10(11)15-18-17-14(20-15)9-21-13-8-4-3-7-12(13)19/h1-8,19H,9H2. The smallest absolute Gasteiger partial charge is 0.248 e. The molecule has 1 N–H and O–H groups in total. The van der Waals surface area contributed by atoms with Gasteiger partial charge in [-0.15, -0.1) is 22.0 Å². The molecule has 0 amide bonds. The summed E-state index contributed by atoms with van der Waals surface area (Å²) in [6, 6.07) is 14.9. The Kier molecular flexibility index (Phi) is 4.26. The van der Waals surface area contributed by atoms with Crippen molar-refractivity contribution in [3.8, 4) is 17.2 Å². The molecule has 4 nitrogen and oxygen atoms in total. The quantitative estimate of drug-likeness (QED) is 0.692. The molecule has 0 fully saturated rings. The van der Waals surface area contributed by atoms with E-state index in [1.54, 1.807) is 12.1 Å². The van der Waals surface area contributed by atoms with Crippen LogP contribution >= 0.6 is 27.7 Å². The number of benzene rings is 2. The first kappa shape index (κ1) is 14.2. The SMILES string of the molecule is Oc1ccccc1SCc1nnc(-c2ccccc2Br)o1. The highest BCUT2D eigenvalue weighted by molar-refractivity contribution is 9.10. The van der Waals surface area contributed by atoms with Gasteiger partial charge >= 0.3 is 0 Å². The number of rotatable bonds is 4. The summed E-state index contributed by atoms with van der Waals surface area (Å²) < 4.78 is 6.57. The summed E-state index contributed by atoms with van der Waals surface area (Å²) >= 11 is 4.92. The Morgan fingerprint density at radius 1 is 1.05 bits per heavy atom. The summed E-state index contributed by atoms with van der Waals surface area (Å²) in [6.07, 6.45) is 0. The normalized spacial score (nSPS) is 10.7. The molecule has 1 heterocycles. The zero-order chi connectivity index (χ0) is 14.7. The van der Waals surface area contributed by atoms with E-state index in [1.165, 1.54) is 11.8 Å². The van der Waals surface area contributed by atoms with E-state index in [1.807, 2.05) is 36.4 Å². The molecular weight excluding hydrogens is 352 g/mol. The Morgan fingerprint density at radius 2 is 1.81 bits per heavy atom. The van der Waals surface area contributed by atoms with Crippen LogP contribution in [0.1, 0.15) is 5.89 Å². The van der Waals surface area contributed by atoms with Gasteiger partial charge in [0.05, 0.1) is 11.3 Å². The number of para-hydroxylation sites is 1. The maximum atomic E-state index is 9.71. The largest absolute Gasteiger partial charge is 0.507 e. The highest BCUT2D eigenvalue weighted by atomic mass is 79.9. The van der Waals surface area contributed by atoms with Gasteiger partial charge in [0, 0.05) is 9.37 Å². The summed E-state index contributed by atoms with van der Waals surface area (Å²) in [7, 11) is 0. The van der Waals surface area contributed by atoms with Gasteiger partial charge in [0.2, 0.25) is 11.8 Å². The van der Waals surface area contributed by atoms with Crippen molar-refractivity contribution >= 4 is 27.7 Å². The predicted octanol–water partition coefficient (Wildman–Crippen LogP) is 4.50. The summed E-state index contributed by atoms with van der Waals surface area (Å²) in [5.41, 5.74) is 0.865. The van der Waals surface area contributed by atoms with Crippen molar-refractivity contribution in [2.24, 2.45) is 0 Å². The van der Waals surface area contributed by atoms with Gasteiger partial charge in [0.15, 0.2) is 0 Å². The Balaban J connectivity index is 1.74. The molecule has 1 aromatic heterocycles. The molecular formula is C15H11BrN2O2S. The maximum absolute atomic E-state index is 9.71. The highest BCUT2D eigenvalue weighted by Crippen LogP contribution is 2.31. The molecule has 0 spiro atoms. The minimum atomic E-state index is 0.257. The van der Waals surface area contributed by atoms with Crippen LogP contribution in [0.2, 0.25) is 0 Å². The molecule has 0 aliphatic carbocycles. The average molecular weight is 363 g/mol. The van der Waals surface area contributed by atoms with Crippen LogP contribution in [0, 0.1) is 0 Å². The fourth-order valence-electron chi connectivity index (χ4n) is 1.77. The second-order valence-electron chi connectivity index (χ2n) is 4.24. The minimum Gasteiger partial charge on any atom is -0.507 e. The third-order valence-corrected chi connectivity index (χ3v) is 4.53. The molecule has 6 heteroatoms. The summed E-state index contributed by atoms with van der Waals surface area (Å²) in [5.74, 6) is 1.77. The van der Waals surface area contributed by atoms with Gasteiger partial charge in [0.25, 0.3) is 0 Å². The lowest BCUT2D eigenvalue weighted by molar-refractivity contribution is 0.462. The van der Waals surface area contributed by atoms with E-state index in [4.69, 9.17) is 4.42 Å². The van der Waals surface area contributed by atoms with Crippen LogP contribution in [0.4, 0.5) is 0 Å². The number of nitrogens with zero attached hydrogens (tertiary/aromatic N) is 2. The van der Waals surface area contributed by atoms with Crippen molar-refractivity contribution in [1.82, 2.24) is 10.2 Å². The Morgan fingerprint density at radius 3 is 2.62 bits per heavy atom. The second kappa shape index (κ2) is 6.32. The van der Waals surface area contributed by atoms with Crippen LogP contribution in [0.25, 0.3) is 11.5 Å². The number of phenolic OH excluding ortho intramolecular Hbond substituents is 1. The molecule has 0 radical (unpaired) electrons. The van der Waals surface area contributed by atoms with Gasteiger partial charge in [-0.25, -0.2) is 0 Å². The van der Waals surface area contributed by atoms with Gasteiger partial charge in [-0.2, -0.15) is 0 Å². The van der Waals surface area contributed by atoms with Crippen molar-refractivity contribution < 1.29 is 9.52 Å². The molecule has 0 saturated carbocycles. The van der Waals surface area contributed by atoms with Crippen LogP contribution in [-0.4, -0.2) is 15.3 Å². The number of aromatic hydroxyl groups is 1. The van der Waals surface area contributed by atoms with Crippen molar-refractivity contribution in [3.63, 3.8) is 0 Å². The van der Waals surface area contributed by atoms with Crippen molar-refractivity contribution in [2.45, 2.75) is 10.6 Å². The van der Waals surface area contributed by atoms with E-state index in [9.17, 15) is 5.11 Å². The van der Waals surface area contributed by atoms with E-state index in [-0.39, 0.29) is 5.75 Å². The van der Waals surface area contributed by atoms with Crippen LogP contribution in [0.5, 0.6) is 5.75 Å². The molecule has 0 saturated heterocycles. The third kappa shape index (κ3) is 3.28. The number of phenols is 1. The van der Waals surface area contributed by atoms with E-state index in [2.05, 4.69) is 26.1 Å². The molecule has 2 aromatic carbocycles. The number of thioether (sulfide) groups is 1. The summed E-state index contributed by atoms with van der Waals surface area (Å²) in [5, 5.41) is 17.8. The fourth-order valence-corrected chi connectivity index (χ4v) is 3.01. The molecule has 21 heavy (non-hydrogen) atoms. The predicted molar refractivity (Wildman–Crippen MR) is 85.1 cm³/mol. The summed E-state index contributed by atoms with van der Waals surface area (Å²) in [4.78, 5) is 0.790. The Labute approximate surface area is 134 Å². The lowest BCUT2D eigenvalue weighted by atomic mass is 10.2. The molecule has 0 aliphatic heterocycles. The maximum Gasteiger partial charge on any atom is 0.248 e. The Hall–Kier alpha value is -1.79. The Bertz CT molecular complexity index is 761.